The normalized spacial score (nSPS) is 18.7. The Bertz CT molecular complexity index is 549. The maximum Gasteiger partial charge on any atom is 0.416 e. The standard InChI is InChI=1S/C15H18F4N2O/c1-2-21-7-5-10(6-8-21)14(20-22)12-4-3-11(9-13(12)16)15(17,18)19/h3-4,9-10,22H,2,5-8H2,1H3/b20-14-. The minimum Gasteiger partial charge on any atom is -0.411 e. The van der Waals surface area contributed by atoms with Gasteiger partial charge >= 0.3 is 6.18 Å². The predicted molar refractivity (Wildman–Crippen MR) is 74.6 cm³/mol. The fourth-order valence-corrected chi connectivity index (χ4v) is 2.78. The van der Waals surface area contributed by atoms with Crippen molar-refractivity contribution in [1.82, 2.24) is 4.90 Å². The summed E-state index contributed by atoms with van der Waals surface area (Å²) in [6.07, 6.45) is -3.22. The lowest BCUT2D eigenvalue weighted by Crippen LogP contribution is -2.36. The predicted octanol–water partition coefficient (Wildman–Crippen LogP) is 3.75. The van der Waals surface area contributed by atoms with Crippen LogP contribution in [-0.2, 0) is 6.18 Å². The topological polar surface area (TPSA) is 35.8 Å². The highest BCUT2D eigenvalue weighted by Crippen LogP contribution is 2.31. The van der Waals surface area contributed by atoms with Crippen LogP contribution in [0.5, 0.6) is 0 Å². The molecular formula is C15H18F4N2O. The van der Waals surface area contributed by atoms with Crippen LogP contribution in [0.4, 0.5) is 17.6 Å². The number of rotatable bonds is 3. The Balaban J connectivity index is 2.22. The Morgan fingerprint density at radius 2 is 1.95 bits per heavy atom. The van der Waals surface area contributed by atoms with Crippen molar-refractivity contribution >= 4 is 5.71 Å². The molecule has 1 aliphatic heterocycles. The molecule has 1 fully saturated rings. The number of benzene rings is 1. The molecule has 22 heavy (non-hydrogen) atoms. The zero-order valence-corrected chi connectivity index (χ0v) is 12.2. The Morgan fingerprint density at radius 1 is 1.32 bits per heavy atom. The van der Waals surface area contributed by atoms with Crippen LogP contribution in [0.3, 0.4) is 0 Å². The van der Waals surface area contributed by atoms with Crippen molar-refractivity contribution < 1.29 is 22.8 Å². The maximum absolute atomic E-state index is 14.0. The van der Waals surface area contributed by atoms with Crippen molar-refractivity contribution in [2.45, 2.75) is 25.9 Å². The highest BCUT2D eigenvalue weighted by Gasteiger charge is 2.32. The van der Waals surface area contributed by atoms with Gasteiger partial charge in [-0.15, -0.1) is 0 Å². The number of oxime groups is 1. The molecule has 1 N–H and O–H groups in total. The quantitative estimate of drug-likeness (QED) is 0.399. The highest BCUT2D eigenvalue weighted by atomic mass is 19.4. The van der Waals surface area contributed by atoms with Crippen LogP contribution in [0.2, 0.25) is 0 Å². The summed E-state index contributed by atoms with van der Waals surface area (Å²) in [4.78, 5) is 2.22. The molecule has 0 radical (unpaired) electrons. The van der Waals surface area contributed by atoms with Crippen LogP contribution in [0.15, 0.2) is 23.4 Å². The van der Waals surface area contributed by atoms with Crippen molar-refractivity contribution in [2.75, 3.05) is 19.6 Å². The van der Waals surface area contributed by atoms with Gasteiger partial charge in [-0.05, 0) is 50.7 Å². The van der Waals surface area contributed by atoms with Gasteiger partial charge in [-0.1, -0.05) is 12.1 Å². The van der Waals surface area contributed by atoms with Crippen molar-refractivity contribution in [3.05, 3.63) is 35.1 Å². The summed E-state index contributed by atoms with van der Waals surface area (Å²) in [5.74, 6) is -1.17. The Kier molecular flexibility index (Phi) is 5.05. The molecule has 7 heteroatoms. The summed E-state index contributed by atoms with van der Waals surface area (Å²) in [6.45, 7) is 4.54. The van der Waals surface area contributed by atoms with Crippen LogP contribution in [-0.4, -0.2) is 35.5 Å². The van der Waals surface area contributed by atoms with E-state index >= 15 is 0 Å². The van der Waals surface area contributed by atoms with Gasteiger partial charge in [0.05, 0.1) is 11.3 Å². The third-order valence-electron chi connectivity index (χ3n) is 4.10. The average Bonchev–Trinajstić information content (AvgIpc) is 2.49. The van der Waals surface area contributed by atoms with Gasteiger partial charge in [0.15, 0.2) is 0 Å². The van der Waals surface area contributed by atoms with E-state index in [1.807, 2.05) is 6.92 Å². The first-order valence-electron chi connectivity index (χ1n) is 7.18. The van der Waals surface area contributed by atoms with Gasteiger partial charge in [-0.2, -0.15) is 13.2 Å². The number of halogens is 4. The lowest BCUT2D eigenvalue weighted by atomic mass is 9.87. The number of nitrogens with zero attached hydrogens (tertiary/aromatic N) is 2. The van der Waals surface area contributed by atoms with Gasteiger partial charge in [0.1, 0.15) is 5.82 Å². The molecule has 0 unspecified atom stereocenters. The van der Waals surface area contributed by atoms with Crippen LogP contribution >= 0.6 is 0 Å². The zero-order valence-electron chi connectivity index (χ0n) is 12.2. The van der Waals surface area contributed by atoms with Gasteiger partial charge in [0.2, 0.25) is 0 Å². The van der Waals surface area contributed by atoms with Crippen molar-refractivity contribution in [2.24, 2.45) is 11.1 Å². The molecule has 0 atom stereocenters. The average molecular weight is 318 g/mol. The van der Waals surface area contributed by atoms with E-state index in [1.165, 1.54) is 0 Å². The minimum absolute atomic E-state index is 0.0644. The Hall–Kier alpha value is -1.63. The molecule has 1 aromatic rings. The van der Waals surface area contributed by atoms with Crippen molar-refractivity contribution in [1.29, 1.82) is 0 Å². The van der Waals surface area contributed by atoms with Crippen LogP contribution in [0, 0.1) is 11.7 Å². The number of piperidine rings is 1. The van der Waals surface area contributed by atoms with E-state index in [0.717, 1.165) is 31.8 Å². The van der Waals surface area contributed by atoms with Gasteiger partial charge in [-0.3, -0.25) is 0 Å². The molecule has 3 nitrogen and oxygen atoms in total. The Morgan fingerprint density at radius 3 is 2.41 bits per heavy atom. The lowest BCUT2D eigenvalue weighted by molar-refractivity contribution is -0.137. The summed E-state index contributed by atoms with van der Waals surface area (Å²) >= 11 is 0. The molecule has 1 saturated heterocycles. The van der Waals surface area contributed by atoms with Gasteiger partial charge < -0.3 is 10.1 Å². The third-order valence-corrected chi connectivity index (χ3v) is 4.10. The molecule has 0 aromatic heterocycles. The summed E-state index contributed by atoms with van der Waals surface area (Å²) in [5.41, 5.74) is -0.987. The fourth-order valence-electron chi connectivity index (χ4n) is 2.78. The minimum atomic E-state index is -4.59. The molecule has 2 rings (SSSR count). The molecule has 0 saturated carbocycles. The smallest absolute Gasteiger partial charge is 0.411 e. The van der Waals surface area contributed by atoms with E-state index in [9.17, 15) is 22.8 Å². The second kappa shape index (κ2) is 6.64. The van der Waals surface area contributed by atoms with Gasteiger partial charge in [0, 0.05) is 11.5 Å². The first-order chi connectivity index (χ1) is 10.4. The zero-order chi connectivity index (χ0) is 16.3. The van der Waals surface area contributed by atoms with Gasteiger partial charge in [-0.25, -0.2) is 4.39 Å². The number of likely N-dealkylation sites (tertiary alicyclic amines) is 1. The van der Waals surface area contributed by atoms with Crippen LogP contribution < -0.4 is 0 Å². The summed E-state index contributed by atoms with van der Waals surface area (Å²) < 4.78 is 51.7. The summed E-state index contributed by atoms with van der Waals surface area (Å²) in [7, 11) is 0. The molecule has 0 aliphatic carbocycles. The molecule has 0 bridgehead atoms. The van der Waals surface area contributed by atoms with E-state index in [2.05, 4.69) is 10.1 Å². The molecule has 1 heterocycles. The summed E-state index contributed by atoms with van der Waals surface area (Å²) in [6, 6.07) is 2.30. The first kappa shape index (κ1) is 16.7. The fraction of sp³-hybridized carbons (Fsp3) is 0.533. The molecular weight excluding hydrogens is 300 g/mol. The van der Waals surface area contributed by atoms with Crippen LogP contribution in [0.1, 0.15) is 30.9 Å². The molecule has 0 amide bonds. The second-order valence-electron chi connectivity index (χ2n) is 5.39. The van der Waals surface area contributed by atoms with E-state index in [1.54, 1.807) is 0 Å². The number of hydrogen-bond donors (Lipinski definition) is 1. The van der Waals surface area contributed by atoms with E-state index in [-0.39, 0.29) is 17.2 Å². The lowest BCUT2D eigenvalue weighted by Gasteiger charge is -2.31. The maximum atomic E-state index is 14.0. The van der Waals surface area contributed by atoms with Crippen LogP contribution in [0.25, 0.3) is 0 Å². The number of alkyl halides is 3. The highest BCUT2D eigenvalue weighted by molar-refractivity contribution is 6.02. The molecule has 1 aromatic carbocycles. The van der Waals surface area contributed by atoms with Crippen molar-refractivity contribution in [3.8, 4) is 0 Å². The van der Waals surface area contributed by atoms with E-state index < -0.39 is 17.6 Å². The molecule has 1 aliphatic rings. The number of hydrogen-bond acceptors (Lipinski definition) is 3. The monoisotopic (exact) mass is 318 g/mol. The van der Waals surface area contributed by atoms with Crippen molar-refractivity contribution in [3.63, 3.8) is 0 Å². The summed E-state index contributed by atoms with van der Waals surface area (Å²) in [5, 5.41) is 12.4. The second-order valence-corrected chi connectivity index (χ2v) is 5.39. The first-order valence-corrected chi connectivity index (χ1v) is 7.18. The molecule has 0 spiro atoms. The SMILES string of the molecule is CCN1CCC(/C(=N/O)c2ccc(C(F)(F)F)cc2F)CC1. The largest absolute Gasteiger partial charge is 0.416 e. The van der Waals surface area contributed by atoms with Gasteiger partial charge in [0.25, 0.3) is 0 Å². The van der Waals surface area contributed by atoms with E-state index in [0.29, 0.717) is 18.9 Å². The Labute approximate surface area is 126 Å². The molecule has 122 valence electrons. The third kappa shape index (κ3) is 3.58. The van der Waals surface area contributed by atoms with E-state index in [4.69, 9.17) is 0 Å².